The van der Waals surface area contributed by atoms with Crippen LogP contribution in [0.3, 0.4) is 0 Å². The Hall–Kier alpha value is -2.49. The summed E-state index contributed by atoms with van der Waals surface area (Å²) in [6.45, 7) is 12.9. The largest absolute Gasteiger partial charge is 0.457 e. The average molecular weight is 564 g/mol. The van der Waals surface area contributed by atoms with Crippen LogP contribution in [0.25, 0.3) is 0 Å². The molecule has 0 amide bonds. The van der Waals surface area contributed by atoms with Gasteiger partial charge in [-0.15, -0.1) is 0 Å². The second kappa shape index (κ2) is 15.5. The van der Waals surface area contributed by atoms with Crippen LogP contribution in [0.1, 0.15) is 80.6 Å². The van der Waals surface area contributed by atoms with E-state index in [0.717, 1.165) is 24.1 Å². The van der Waals surface area contributed by atoms with E-state index < -0.39 is 35.9 Å². The Morgan fingerprint density at radius 1 is 1.30 bits per heavy atom. The maximum atomic E-state index is 12.6. The molecular formula is C31H49NO8. The topological polar surface area (TPSA) is 127 Å². The molecule has 2 aliphatic heterocycles. The fourth-order valence-electron chi connectivity index (χ4n) is 5.13. The summed E-state index contributed by atoms with van der Waals surface area (Å²) in [6, 6.07) is 0. The molecule has 0 aliphatic carbocycles. The van der Waals surface area contributed by atoms with Gasteiger partial charge < -0.3 is 29.3 Å². The van der Waals surface area contributed by atoms with Gasteiger partial charge in [-0.05, 0) is 57.1 Å². The van der Waals surface area contributed by atoms with E-state index >= 15 is 0 Å². The monoisotopic (exact) mass is 563 g/mol. The predicted molar refractivity (Wildman–Crippen MR) is 153 cm³/mol. The van der Waals surface area contributed by atoms with Gasteiger partial charge in [0.15, 0.2) is 0 Å². The lowest BCUT2D eigenvalue weighted by atomic mass is 9.88. The number of allylic oxidation sites excluding steroid dienone is 3. The van der Waals surface area contributed by atoms with Gasteiger partial charge in [0.1, 0.15) is 24.9 Å². The van der Waals surface area contributed by atoms with Crippen LogP contribution in [0.15, 0.2) is 41.1 Å². The molecule has 0 bridgehead atoms. The maximum absolute atomic E-state index is 12.6. The van der Waals surface area contributed by atoms with Gasteiger partial charge in [-0.25, -0.2) is 0 Å². The summed E-state index contributed by atoms with van der Waals surface area (Å²) in [5.74, 6) is -0.816. The normalized spacial score (nSPS) is 34.7. The van der Waals surface area contributed by atoms with E-state index in [-0.39, 0.29) is 49.2 Å². The van der Waals surface area contributed by atoms with Crippen molar-refractivity contribution in [1.29, 1.82) is 0 Å². The minimum atomic E-state index is -1.40. The van der Waals surface area contributed by atoms with Crippen molar-refractivity contribution in [2.24, 2.45) is 22.9 Å². The SMILES string of the molecule is CCC(=NOC)C(C)C1OC1CC(C)/C=C/C=C(\C)C1OC(=O)CC(O)CCC(C)(O)C(OC(C)=O)/C=C/C1C. The number of hydrogen-bond donors (Lipinski definition) is 2. The quantitative estimate of drug-likeness (QED) is 0.0981. The molecular weight excluding hydrogens is 514 g/mol. The lowest BCUT2D eigenvalue weighted by Gasteiger charge is -2.32. The third kappa shape index (κ3) is 10.5. The van der Waals surface area contributed by atoms with E-state index in [0.29, 0.717) is 0 Å². The molecule has 2 N–H and O–H groups in total. The first-order valence-electron chi connectivity index (χ1n) is 14.3. The van der Waals surface area contributed by atoms with Crippen LogP contribution in [-0.2, 0) is 28.6 Å². The number of rotatable bonds is 10. The van der Waals surface area contributed by atoms with Gasteiger partial charge in [0.25, 0.3) is 0 Å². The fourth-order valence-corrected chi connectivity index (χ4v) is 5.13. The Labute approximate surface area is 239 Å². The lowest BCUT2D eigenvalue weighted by Crippen LogP contribution is -2.42. The van der Waals surface area contributed by atoms with Crippen LogP contribution in [0.5, 0.6) is 0 Å². The van der Waals surface area contributed by atoms with Crippen molar-refractivity contribution in [3.8, 4) is 0 Å². The molecule has 1 saturated heterocycles. The summed E-state index contributed by atoms with van der Waals surface area (Å²) in [7, 11) is 1.56. The predicted octanol–water partition coefficient (Wildman–Crippen LogP) is 4.66. The minimum Gasteiger partial charge on any atom is -0.457 e. The van der Waals surface area contributed by atoms with E-state index in [1.165, 1.54) is 6.92 Å². The molecule has 0 radical (unpaired) electrons. The zero-order valence-corrected chi connectivity index (χ0v) is 25.3. The van der Waals surface area contributed by atoms with E-state index in [4.69, 9.17) is 19.0 Å². The summed E-state index contributed by atoms with van der Waals surface area (Å²) in [6.07, 6.45) is 9.12. The molecule has 9 atom stereocenters. The number of esters is 2. The van der Waals surface area contributed by atoms with E-state index in [1.807, 2.05) is 26.0 Å². The lowest BCUT2D eigenvalue weighted by molar-refractivity contribution is -0.157. The third-order valence-corrected chi connectivity index (χ3v) is 7.68. The highest BCUT2D eigenvalue weighted by Gasteiger charge is 2.44. The molecule has 0 aromatic carbocycles. The van der Waals surface area contributed by atoms with Crippen LogP contribution >= 0.6 is 0 Å². The van der Waals surface area contributed by atoms with Gasteiger partial charge >= 0.3 is 11.9 Å². The van der Waals surface area contributed by atoms with Crippen molar-refractivity contribution in [1.82, 2.24) is 0 Å². The Balaban J connectivity index is 2.12. The van der Waals surface area contributed by atoms with Crippen molar-refractivity contribution in [2.45, 2.75) is 117 Å². The number of cyclic esters (lactones) is 1. The van der Waals surface area contributed by atoms with E-state index in [2.05, 4.69) is 32.0 Å². The minimum absolute atomic E-state index is 0.148. The summed E-state index contributed by atoms with van der Waals surface area (Å²) in [4.78, 5) is 29.3. The molecule has 1 fully saturated rings. The van der Waals surface area contributed by atoms with Gasteiger partial charge in [0.2, 0.25) is 0 Å². The highest BCUT2D eigenvalue weighted by molar-refractivity contribution is 5.86. The summed E-state index contributed by atoms with van der Waals surface area (Å²) >= 11 is 0. The first kappa shape index (κ1) is 33.7. The number of epoxide rings is 1. The van der Waals surface area contributed by atoms with E-state index in [9.17, 15) is 19.8 Å². The second-order valence-electron chi connectivity index (χ2n) is 11.5. The number of hydrogen-bond acceptors (Lipinski definition) is 9. The number of carbonyl (C=O) groups excluding carboxylic acids is 2. The highest BCUT2D eigenvalue weighted by atomic mass is 16.6. The number of nitrogens with zero attached hydrogens (tertiary/aromatic N) is 1. The molecule has 9 heteroatoms. The first-order valence-corrected chi connectivity index (χ1v) is 14.3. The molecule has 2 heterocycles. The molecule has 0 saturated carbocycles. The summed E-state index contributed by atoms with van der Waals surface area (Å²) in [5, 5.41) is 25.5. The molecule has 40 heavy (non-hydrogen) atoms. The Kier molecular flexibility index (Phi) is 13.1. The van der Waals surface area contributed by atoms with Crippen molar-refractivity contribution in [3.63, 3.8) is 0 Å². The zero-order chi connectivity index (χ0) is 30.0. The number of ether oxygens (including phenoxy) is 3. The Bertz CT molecular complexity index is 968. The standard InChI is InChI=1S/C31H49NO8/c1-9-25(32-37-8)22(5)30-26(39-30)17-19(2)11-10-12-20(3)29-21(4)13-14-27(38-23(6)33)31(7,36)16-15-24(34)18-28(35)40-29/h10-14,19,21-22,24,26-27,29-30,34,36H,9,15-18H2,1-8H3/b11-10+,14-13+,20-12+,32-25?. The summed E-state index contributed by atoms with van der Waals surface area (Å²) in [5.41, 5.74) is 0.428. The molecule has 0 aromatic rings. The Morgan fingerprint density at radius 2 is 2.00 bits per heavy atom. The molecule has 2 rings (SSSR count). The maximum Gasteiger partial charge on any atom is 0.309 e. The van der Waals surface area contributed by atoms with Crippen LogP contribution < -0.4 is 0 Å². The molecule has 9 unspecified atom stereocenters. The van der Waals surface area contributed by atoms with Crippen LogP contribution in [0.2, 0.25) is 0 Å². The van der Waals surface area contributed by atoms with Gasteiger partial charge in [-0.2, -0.15) is 0 Å². The first-order chi connectivity index (χ1) is 18.8. The molecule has 2 aliphatic rings. The van der Waals surface area contributed by atoms with Crippen LogP contribution in [-0.4, -0.2) is 71.1 Å². The Morgan fingerprint density at radius 3 is 2.62 bits per heavy atom. The van der Waals surface area contributed by atoms with Gasteiger partial charge in [0, 0.05) is 18.8 Å². The number of aliphatic hydroxyl groups is 2. The second-order valence-corrected chi connectivity index (χ2v) is 11.5. The third-order valence-electron chi connectivity index (χ3n) is 7.68. The smallest absolute Gasteiger partial charge is 0.309 e. The summed E-state index contributed by atoms with van der Waals surface area (Å²) < 4.78 is 17.1. The van der Waals surface area contributed by atoms with Crippen molar-refractivity contribution in [2.75, 3.05) is 7.11 Å². The van der Waals surface area contributed by atoms with Gasteiger partial charge in [-0.1, -0.05) is 57.2 Å². The fraction of sp³-hybridized carbons (Fsp3) is 0.710. The van der Waals surface area contributed by atoms with Gasteiger partial charge in [-0.3, -0.25) is 9.59 Å². The van der Waals surface area contributed by atoms with E-state index in [1.54, 1.807) is 26.2 Å². The molecule has 0 spiro atoms. The van der Waals surface area contributed by atoms with Gasteiger partial charge in [0.05, 0.1) is 30.4 Å². The van der Waals surface area contributed by atoms with Crippen LogP contribution in [0.4, 0.5) is 0 Å². The van der Waals surface area contributed by atoms with Crippen molar-refractivity contribution in [3.05, 3.63) is 36.0 Å². The molecule has 226 valence electrons. The number of oxime groups is 1. The highest BCUT2D eigenvalue weighted by Crippen LogP contribution is 2.36. The average Bonchev–Trinajstić information content (AvgIpc) is 3.64. The molecule has 9 nitrogen and oxygen atoms in total. The number of aliphatic hydroxyl groups excluding tert-OH is 1. The number of carbonyl (C=O) groups is 2. The molecule has 0 aromatic heterocycles. The van der Waals surface area contributed by atoms with Crippen molar-refractivity contribution < 1.29 is 38.9 Å². The van der Waals surface area contributed by atoms with Crippen LogP contribution in [0, 0.1) is 17.8 Å². The van der Waals surface area contributed by atoms with Crippen molar-refractivity contribution >= 4 is 17.7 Å². The zero-order valence-electron chi connectivity index (χ0n) is 25.3.